The maximum atomic E-state index is 13.4. The normalized spacial score (nSPS) is 27.6. The average molecular weight is 376 g/mol. The molecule has 7 heteroatoms. The van der Waals surface area contributed by atoms with E-state index in [1.807, 2.05) is 11.0 Å². The maximum Gasteiger partial charge on any atom is 0.248 e. The van der Waals surface area contributed by atoms with Crippen molar-refractivity contribution < 1.29 is 23.8 Å². The van der Waals surface area contributed by atoms with Crippen molar-refractivity contribution in [2.45, 2.75) is 43.9 Å². The third kappa shape index (κ3) is 3.84. The monoisotopic (exact) mass is 376 g/mol. The molecular formula is C20H25FN2O4. The summed E-state index contributed by atoms with van der Waals surface area (Å²) in [5, 5.41) is 9.40. The second-order valence-electron chi connectivity index (χ2n) is 8.00. The summed E-state index contributed by atoms with van der Waals surface area (Å²) >= 11 is 0. The van der Waals surface area contributed by atoms with Crippen LogP contribution in [0.1, 0.15) is 31.2 Å². The molecule has 0 bridgehead atoms. The predicted octanol–water partition coefficient (Wildman–Crippen LogP) is 1.32. The molecule has 0 aromatic heterocycles. The molecule has 1 aliphatic carbocycles. The lowest BCUT2D eigenvalue weighted by Crippen LogP contribution is -2.59. The van der Waals surface area contributed by atoms with Gasteiger partial charge in [-0.3, -0.25) is 9.59 Å². The van der Waals surface area contributed by atoms with Crippen molar-refractivity contribution >= 4 is 11.8 Å². The summed E-state index contributed by atoms with van der Waals surface area (Å²) in [6.07, 6.45) is 2.15. The van der Waals surface area contributed by atoms with E-state index in [2.05, 4.69) is 0 Å². The lowest BCUT2D eigenvalue weighted by atomic mass is 9.80. The molecule has 1 aromatic rings. The fourth-order valence-corrected chi connectivity index (χ4v) is 4.27. The van der Waals surface area contributed by atoms with Gasteiger partial charge in [0.25, 0.3) is 0 Å². The van der Waals surface area contributed by atoms with Crippen LogP contribution in [0.3, 0.4) is 0 Å². The number of rotatable bonds is 3. The Kier molecular flexibility index (Phi) is 4.90. The van der Waals surface area contributed by atoms with Gasteiger partial charge in [-0.25, -0.2) is 4.39 Å². The number of aliphatic hydroxyl groups is 1. The van der Waals surface area contributed by atoms with Crippen LogP contribution < -0.4 is 0 Å². The number of halogens is 1. The van der Waals surface area contributed by atoms with E-state index in [9.17, 15) is 19.1 Å². The Morgan fingerprint density at radius 1 is 1.30 bits per heavy atom. The zero-order chi connectivity index (χ0) is 19.0. The lowest BCUT2D eigenvalue weighted by Gasteiger charge is -2.48. The van der Waals surface area contributed by atoms with Crippen LogP contribution in [0.2, 0.25) is 0 Å². The first-order valence-corrected chi connectivity index (χ1v) is 9.57. The fourth-order valence-electron chi connectivity index (χ4n) is 4.27. The largest absolute Gasteiger partial charge is 0.393 e. The smallest absolute Gasteiger partial charge is 0.248 e. The Bertz CT molecular complexity index is 726. The maximum absolute atomic E-state index is 13.4. The number of aliphatic hydroxyl groups excluding tert-OH is 1. The second kappa shape index (κ2) is 7.20. The Balaban J connectivity index is 1.36. The molecule has 0 atom stereocenters. The van der Waals surface area contributed by atoms with E-state index in [1.54, 1.807) is 11.0 Å². The Morgan fingerprint density at radius 3 is 2.70 bits per heavy atom. The minimum absolute atomic E-state index is 0.0259. The number of carbonyl (C=O) groups excluding carboxylic acids is 2. The van der Waals surface area contributed by atoms with Gasteiger partial charge in [-0.05, 0) is 43.4 Å². The second-order valence-corrected chi connectivity index (χ2v) is 8.00. The summed E-state index contributed by atoms with van der Waals surface area (Å²) in [5.74, 6) is -0.325. The highest BCUT2D eigenvalue weighted by atomic mass is 19.1. The van der Waals surface area contributed by atoms with Crippen molar-refractivity contribution in [3.8, 4) is 0 Å². The van der Waals surface area contributed by atoms with Gasteiger partial charge < -0.3 is 19.6 Å². The van der Waals surface area contributed by atoms with E-state index in [0.717, 1.165) is 5.56 Å². The number of likely N-dealkylation sites (tertiary alicyclic amines) is 1. The highest BCUT2D eigenvalue weighted by Crippen LogP contribution is 2.34. The van der Waals surface area contributed by atoms with Crippen molar-refractivity contribution in [1.82, 2.24) is 9.80 Å². The number of nitrogens with zero attached hydrogens (tertiary/aromatic N) is 2. The number of morpholine rings is 1. The van der Waals surface area contributed by atoms with Crippen LogP contribution in [-0.2, 0) is 20.9 Å². The van der Waals surface area contributed by atoms with Gasteiger partial charge in [0.2, 0.25) is 11.8 Å². The first-order valence-electron chi connectivity index (χ1n) is 9.57. The minimum Gasteiger partial charge on any atom is -0.393 e. The lowest BCUT2D eigenvalue weighted by molar-refractivity contribution is -0.175. The number of carbonyl (C=O) groups is 2. The van der Waals surface area contributed by atoms with E-state index >= 15 is 0 Å². The molecule has 1 aromatic carbocycles. The minimum atomic E-state index is -0.433. The van der Waals surface area contributed by atoms with Gasteiger partial charge in [0.05, 0.1) is 18.2 Å². The first kappa shape index (κ1) is 18.4. The van der Waals surface area contributed by atoms with Gasteiger partial charge in [-0.1, -0.05) is 12.1 Å². The molecule has 146 valence electrons. The van der Waals surface area contributed by atoms with Crippen LogP contribution in [0.15, 0.2) is 24.3 Å². The summed E-state index contributed by atoms with van der Waals surface area (Å²) in [6.45, 7) is 2.07. The Morgan fingerprint density at radius 2 is 2.04 bits per heavy atom. The van der Waals surface area contributed by atoms with Gasteiger partial charge in [0.1, 0.15) is 12.4 Å². The standard InChI is InChI=1S/C20H25FN2O4/c21-16-3-1-2-14(8-16)11-23-13-20(27-12-18(23)25)4-6-22(7-5-20)19(26)15-9-17(24)10-15/h1-3,8,15,17,24H,4-7,9-13H2. The summed E-state index contributed by atoms with van der Waals surface area (Å²) in [6, 6.07) is 6.29. The SMILES string of the molecule is O=C1COC2(CCN(C(=O)C3CC(O)C3)CC2)CN1Cc1cccc(F)c1. The zero-order valence-electron chi connectivity index (χ0n) is 15.3. The Labute approximate surface area is 157 Å². The molecule has 0 unspecified atom stereocenters. The molecule has 1 N–H and O–H groups in total. The highest BCUT2D eigenvalue weighted by Gasteiger charge is 2.44. The Hall–Kier alpha value is -1.99. The topological polar surface area (TPSA) is 70.1 Å². The molecule has 6 nitrogen and oxygen atoms in total. The molecule has 2 amide bonds. The summed E-state index contributed by atoms with van der Waals surface area (Å²) in [5.41, 5.74) is 0.327. The molecule has 2 saturated heterocycles. The number of hydrogen-bond acceptors (Lipinski definition) is 4. The summed E-state index contributed by atoms with van der Waals surface area (Å²) < 4.78 is 19.3. The molecular weight excluding hydrogens is 351 g/mol. The van der Waals surface area contributed by atoms with Gasteiger partial charge >= 0.3 is 0 Å². The van der Waals surface area contributed by atoms with Crippen LogP contribution in [-0.4, -0.2) is 64.7 Å². The molecule has 1 spiro atoms. The molecule has 27 heavy (non-hydrogen) atoms. The number of amides is 2. The molecule has 1 saturated carbocycles. The third-order valence-electron chi connectivity index (χ3n) is 6.04. The predicted molar refractivity (Wildman–Crippen MR) is 95.0 cm³/mol. The van der Waals surface area contributed by atoms with Gasteiger partial charge in [0.15, 0.2) is 0 Å². The number of benzene rings is 1. The molecule has 0 radical (unpaired) electrons. The molecule has 3 fully saturated rings. The van der Waals surface area contributed by atoms with E-state index in [1.165, 1.54) is 12.1 Å². The van der Waals surface area contributed by atoms with Crippen LogP contribution in [0.4, 0.5) is 4.39 Å². The average Bonchev–Trinajstić information content (AvgIpc) is 2.63. The molecule has 2 heterocycles. The number of piperidine rings is 1. The highest BCUT2D eigenvalue weighted by molar-refractivity contribution is 5.80. The van der Waals surface area contributed by atoms with Crippen LogP contribution >= 0.6 is 0 Å². The summed E-state index contributed by atoms with van der Waals surface area (Å²) in [7, 11) is 0. The quantitative estimate of drug-likeness (QED) is 0.864. The van der Waals surface area contributed by atoms with E-state index < -0.39 is 5.60 Å². The van der Waals surface area contributed by atoms with Crippen molar-refractivity contribution in [2.24, 2.45) is 5.92 Å². The van der Waals surface area contributed by atoms with E-state index in [0.29, 0.717) is 51.9 Å². The first-order chi connectivity index (χ1) is 12.9. The fraction of sp³-hybridized carbons (Fsp3) is 0.600. The van der Waals surface area contributed by atoms with Crippen molar-refractivity contribution in [3.63, 3.8) is 0 Å². The van der Waals surface area contributed by atoms with Gasteiger partial charge in [0, 0.05) is 25.6 Å². The third-order valence-corrected chi connectivity index (χ3v) is 6.04. The summed E-state index contributed by atoms with van der Waals surface area (Å²) in [4.78, 5) is 28.3. The van der Waals surface area contributed by atoms with Crippen LogP contribution in [0.5, 0.6) is 0 Å². The zero-order valence-corrected chi connectivity index (χ0v) is 15.3. The van der Waals surface area contributed by atoms with E-state index in [4.69, 9.17) is 4.74 Å². The molecule has 4 rings (SSSR count). The molecule has 3 aliphatic rings. The number of ether oxygens (including phenoxy) is 1. The van der Waals surface area contributed by atoms with Crippen molar-refractivity contribution in [1.29, 1.82) is 0 Å². The van der Waals surface area contributed by atoms with Crippen molar-refractivity contribution in [2.75, 3.05) is 26.2 Å². The molecule has 2 aliphatic heterocycles. The van der Waals surface area contributed by atoms with Crippen LogP contribution in [0.25, 0.3) is 0 Å². The van der Waals surface area contributed by atoms with Crippen molar-refractivity contribution in [3.05, 3.63) is 35.6 Å². The van der Waals surface area contributed by atoms with E-state index in [-0.39, 0.29) is 36.3 Å². The van der Waals surface area contributed by atoms with Crippen LogP contribution in [0, 0.1) is 11.7 Å². The van der Waals surface area contributed by atoms with Gasteiger partial charge in [-0.15, -0.1) is 0 Å². The van der Waals surface area contributed by atoms with Gasteiger partial charge in [-0.2, -0.15) is 0 Å². The number of hydrogen-bond donors (Lipinski definition) is 1.